The highest BCUT2D eigenvalue weighted by Gasteiger charge is 2.58. The van der Waals surface area contributed by atoms with Gasteiger partial charge in [0.15, 0.2) is 0 Å². The Kier molecular flexibility index (Phi) is 2.75. The van der Waals surface area contributed by atoms with Crippen LogP contribution >= 0.6 is 0 Å². The molecule has 4 fully saturated rings. The number of nitrogens with two attached hydrogens (primary N) is 2. The summed E-state index contributed by atoms with van der Waals surface area (Å²) in [6.45, 7) is 0. The zero-order chi connectivity index (χ0) is 15.6. The number of hydrogen-bond donors (Lipinski definition) is 2. The first kappa shape index (κ1) is 13.9. The predicted molar refractivity (Wildman–Crippen MR) is 81.9 cm³/mol. The first-order chi connectivity index (χ1) is 10.4. The number of aromatic nitrogens is 1. The smallest absolute Gasteiger partial charge is 0.265 e. The number of hydrogen-bond acceptors (Lipinski definition) is 2. The Hall–Kier alpha value is -1.78. The van der Waals surface area contributed by atoms with Gasteiger partial charge in [0.05, 0.1) is 0 Å². The number of amides is 2. The van der Waals surface area contributed by atoms with Crippen molar-refractivity contribution < 1.29 is 9.59 Å². The third-order valence-corrected chi connectivity index (χ3v) is 6.55. The molecule has 4 N–H and O–H groups in total. The molecule has 1 heterocycles. The van der Waals surface area contributed by atoms with Crippen LogP contribution in [0.4, 0.5) is 0 Å². The van der Waals surface area contributed by atoms with Crippen LogP contribution in [-0.4, -0.2) is 16.4 Å². The fourth-order valence-corrected chi connectivity index (χ4v) is 5.92. The molecule has 4 aliphatic rings. The Morgan fingerprint density at radius 1 is 1.14 bits per heavy atom. The van der Waals surface area contributed by atoms with Crippen molar-refractivity contribution in [3.8, 4) is 0 Å². The number of carbonyl (C=O) groups excluding carboxylic acids is 2. The monoisotopic (exact) mass is 301 g/mol. The molecule has 0 aliphatic heterocycles. The molecule has 0 aromatic carbocycles. The first-order valence-corrected chi connectivity index (χ1v) is 8.16. The van der Waals surface area contributed by atoms with Gasteiger partial charge in [-0.2, -0.15) is 0 Å². The van der Waals surface area contributed by atoms with E-state index in [0.29, 0.717) is 29.4 Å². The highest BCUT2D eigenvalue weighted by molar-refractivity contribution is 5.91. The zero-order valence-corrected chi connectivity index (χ0v) is 12.9. The third kappa shape index (κ3) is 1.71. The largest absolute Gasteiger partial charge is 0.369 e. The minimum absolute atomic E-state index is 0.102. The minimum atomic E-state index is -0.383. The van der Waals surface area contributed by atoms with Gasteiger partial charge in [0, 0.05) is 24.1 Å². The second kappa shape index (κ2) is 4.37. The van der Waals surface area contributed by atoms with Crippen LogP contribution in [0, 0.1) is 23.2 Å². The van der Waals surface area contributed by atoms with Gasteiger partial charge in [0.25, 0.3) is 5.91 Å². The minimum Gasteiger partial charge on any atom is -0.369 e. The van der Waals surface area contributed by atoms with E-state index in [0.717, 1.165) is 19.3 Å². The molecule has 4 bridgehead atoms. The van der Waals surface area contributed by atoms with Gasteiger partial charge in [-0.1, -0.05) is 0 Å². The van der Waals surface area contributed by atoms with E-state index >= 15 is 0 Å². The summed E-state index contributed by atoms with van der Waals surface area (Å²) >= 11 is 0. The van der Waals surface area contributed by atoms with Crippen LogP contribution in [0.3, 0.4) is 0 Å². The summed E-state index contributed by atoms with van der Waals surface area (Å²) < 4.78 is 1.95. The van der Waals surface area contributed by atoms with Crippen molar-refractivity contribution >= 4 is 11.8 Å². The Balaban J connectivity index is 1.71. The average Bonchev–Trinajstić information content (AvgIpc) is 2.79. The second-order valence-corrected chi connectivity index (χ2v) is 7.71. The number of primary amides is 2. The summed E-state index contributed by atoms with van der Waals surface area (Å²) in [5, 5.41) is 0. The van der Waals surface area contributed by atoms with Crippen LogP contribution in [0.1, 0.15) is 54.2 Å². The van der Waals surface area contributed by atoms with E-state index in [1.807, 2.05) is 23.7 Å². The third-order valence-electron chi connectivity index (χ3n) is 6.55. The summed E-state index contributed by atoms with van der Waals surface area (Å²) in [6, 6.07) is 3.87. The maximum absolute atomic E-state index is 12.0. The van der Waals surface area contributed by atoms with Gasteiger partial charge >= 0.3 is 0 Å². The van der Waals surface area contributed by atoms with Crippen LogP contribution < -0.4 is 11.5 Å². The van der Waals surface area contributed by atoms with Crippen LogP contribution in [0.2, 0.25) is 0 Å². The van der Waals surface area contributed by atoms with Crippen LogP contribution in [-0.2, 0) is 11.8 Å². The van der Waals surface area contributed by atoms with Gasteiger partial charge in [0.1, 0.15) is 5.69 Å². The molecule has 4 saturated carbocycles. The molecule has 2 unspecified atom stereocenters. The van der Waals surface area contributed by atoms with E-state index in [9.17, 15) is 9.59 Å². The van der Waals surface area contributed by atoms with Crippen LogP contribution in [0.5, 0.6) is 0 Å². The van der Waals surface area contributed by atoms with E-state index in [-0.39, 0.29) is 17.2 Å². The van der Waals surface area contributed by atoms with Crippen molar-refractivity contribution in [2.24, 2.45) is 41.7 Å². The molecular formula is C17H23N3O2. The van der Waals surface area contributed by atoms with Crippen molar-refractivity contribution in [1.82, 2.24) is 4.57 Å². The normalized spacial score (nSPS) is 39.1. The lowest BCUT2D eigenvalue weighted by Gasteiger charge is -2.59. The average molecular weight is 301 g/mol. The molecule has 22 heavy (non-hydrogen) atoms. The zero-order valence-electron chi connectivity index (χ0n) is 12.9. The lowest BCUT2D eigenvalue weighted by molar-refractivity contribution is -0.145. The van der Waals surface area contributed by atoms with Gasteiger partial charge < -0.3 is 16.0 Å². The van der Waals surface area contributed by atoms with Gasteiger partial charge in [0.2, 0.25) is 5.91 Å². The van der Waals surface area contributed by atoms with Crippen molar-refractivity contribution in [1.29, 1.82) is 0 Å². The van der Waals surface area contributed by atoms with Crippen molar-refractivity contribution in [3.05, 3.63) is 23.5 Å². The molecule has 0 radical (unpaired) electrons. The molecule has 118 valence electrons. The second-order valence-electron chi connectivity index (χ2n) is 7.71. The first-order valence-electron chi connectivity index (χ1n) is 8.16. The number of nitrogens with zero attached hydrogens (tertiary/aromatic N) is 1. The quantitative estimate of drug-likeness (QED) is 0.886. The highest BCUT2D eigenvalue weighted by atomic mass is 16.1. The molecule has 5 heteroatoms. The summed E-state index contributed by atoms with van der Waals surface area (Å²) in [7, 11) is 1.92. The van der Waals surface area contributed by atoms with Crippen molar-refractivity contribution in [2.45, 2.75) is 38.0 Å². The molecule has 0 saturated heterocycles. The summed E-state index contributed by atoms with van der Waals surface area (Å²) in [4.78, 5) is 23.5. The predicted octanol–water partition coefficient (Wildman–Crippen LogP) is 1.52. The van der Waals surface area contributed by atoms with E-state index in [1.54, 1.807) is 0 Å². The maximum atomic E-state index is 12.0. The SMILES string of the molecule is Cn1c(C(N)=O)ccc1C1C2CC3CC1CC(C(N)=O)(C3)C2. The Labute approximate surface area is 130 Å². The molecule has 2 atom stereocenters. The van der Waals surface area contributed by atoms with E-state index in [1.165, 1.54) is 18.5 Å². The van der Waals surface area contributed by atoms with Gasteiger partial charge in [-0.25, -0.2) is 0 Å². The van der Waals surface area contributed by atoms with Crippen molar-refractivity contribution in [3.63, 3.8) is 0 Å². The standard InChI is InChI=1S/C17H23N3O2/c1-20-12(2-3-13(20)15(18)21)14-10-4-9-5-11(14)8-17(6-9,7-10)16(19)22/h2-3,9-11,14H,4-8H2,1H3,(H2,18,21)(H2,19,22). The molecule has 2 amide bonds. The Morgan fingerprint density at radius 3 is 2.27 bits per heavy atom. The summed E-state index contributed by atoms with van der Waals surface area (Å²) in [5.74, 6) is 1.61. The van der Waals surface area contributed by atoms with Gasteiger partial charge in [-0.3, -0.25) is 9.59 Å². The molecule has 1 aromatic rings. The molecular weight excluding hydrogens is 278 g/mol. The van der Waals surface area contributed by atoms with Gasteiger partial charge in [-0.05, 0) is 62.0 Å². The van der Waals surface area contributed by atoms with Crippen LogP contribution in [0.25, 0.3) is 0 Å². The van der Waals surface area contributed by atoms with Crippen LogP contribution in [0.15, 0.2) is 12.1 Å². The lowest BCUT2D eigenvalue weighted by atomic mass is 9.45. The molecule has 5 rings (SSSR count). The molecule has 1 aromatic heterocycles. The fourth-order valence-electron chi connectivity index (χ4n) is 5.92. The molecule has 4 aliphatic carbocycles. The highest BCUT2D eigenvalue weighted by Crippen LogP contribution is 2.64. The van der Waals surface area contributed by atoms with Crippen molar-refractivity contribution in [2.75, 3.05) is 0 Å². The fraction of sp³-hybridized carbons (Fsp3) is 0.647. The van der Waals surface area contributed by atoms with E-state index in [4.69, 9.17) is 11.5 Å². The molecule has 5 nitrogen and oxygen atoms in total. The van der Waals surface area contributed by atoms with E-state index < -0.39 is 0 Å². The Morgan fingerprint density at radius 2 is 1.77 bits per heavy atom. The summed E-state index contributed by atoms with van der Waals surface area (Å²) in [6.07, 6.45) is 5.19. The summed E-state index contributed by atoms with van der Waals surface area (Å²) in [5.41, 5.74) is 12.7. The maximum Gasteiger partial charge on any atom is 0.265 e. The topological polar surface area (TPSA) is 91.1 Å². The number of rotatable bonds is 3. The Bertz CT molecular complexity index is 647. The van der Waals surface area contributed by atoms with Gasteiger partial charge in [-0.15, -0.1) is 0 Å². The molecule has 0 spiro atoms. The number of carbonyl (C=O) groups is 2. The lowest BCUT2D eigenvalue weighted by Crippen LogP contribution is -2.55. The van der Waals surface area contributed by atoms with E-state index in [2.05, 4.69) is 0 Å².